The Labute approximate surface area is 157 Å². The average Bonchev–Trinajstić information content (AvgIpc) is 3.17. The largest absolute Gasteiger partial charge is 0.350 e. The molecule has 4 aromatic rings. The first-order chi connectivity index (χ1) is 13.3. The number of fused-ring (bicyclic) bond motifs is 2. The highest BCUT2D eigenvalue weighted by molar-refractivity contribution is 5.81. The van der Waals surface area contributed by atoms with Gasteiger partial charge in [-0.25, -0.2) is 9.97 Å². The number of pyridine rings is 1. The molecule has 0 N–H and O–H groups in total. The standard InChI is InChI=1S/C22H17N5/c23-13-16-6-8-19-17(12-16)7-9-22(25-19)26-11-10-21-20(14-26)24-15-27(21)18-4-2-1-3-5-18/h1-9,12,15H,10-11,14H2. The van der Waals surface area contributed by atoms with Crippen molar-refractivity contribution in [3.63, 3.8) is 0 Å². The molecule has 0 aliphatic carbocycles. The third-order valence-corrected chi connectivity index (χ3v) is 5.07. The molecule has 3 heterocycles. The number of hydrogen-bond acceptors (Lipinski definition) is 4. The minimum absolute atomic E-state index is 0.658. The van der Waals surface area contributed by atoms with Gasteiger partial charge in [-0.2, -0.15) is 5.26 Å². The Kier molecular flexibility index (Phi) is 3.61. The van der Waals surface area contributed by atoms with Gasteiger partial charge < -0.3 is 9.47 Å². The lowest BCUT2D eigenvalue weighted by Gasteiger charge is -2.28. The van der Waals surface area contributed by atoms with Gasteiger partial charge >= 0.3 is 0 Å². The Morgan fingerprint density at radius 1 is 1.00 bits per heavy atom. The lowest BCUT2D eigenvalue weighted by Crippen LogP contribution is -2.31. The van der Waals surface area contributed by atoms with Gasteiger partial charge in [-0.15, -0.1) is 0 Å². The first kappa shape index (κ1) is 15.6. The van der Waals surface area contributed by atoms with Crippen LogP contribution < -0.4 is 4.90 Å². The number of nitriles is 1. The van der Waals surface area contributed by atoms with Crippen molar-refractivity contribution in [1.29, 1.82) is 5.26 Å². The molecule has 0 saturated carbocycles. The van der Waals surface area contributed by atoms with Crippen LogP contribution in [0.2, 0.25) is 0 Å². The molecule has 5 heteroatoms. The van der Waals surface area contributed by atoms with E-state index in [9.17, 15) is 0 Å². The smallest absolute Gasteiger partial charge is 0.129 e. The number of rotatable bonds is 2. The Bertz CT molecular complexity index is 1170. The van der Waals surface area contributed by atoms with Crippen molar-refractivity contribution in [2.24, 2.45) is 0 Å². The third-order valence-electron chi connectivity index (χ3n) is 5.07. The summed E-state index contributed by atoms with van der Waals surface area (Å²) in [6.07, 6.45) is 2.85. The summed E-state index contributed by atoms with van der Waals surface area (Å²) < 4.78 is 2.18. The van der Waals surface area contributed by atoms with Gasteiger partial charge in [0.15, 0.2) is 0 Å². The second kappa shape index (κ2) is 6.26. The number of para-hydroxylation sites is 1. The van der Waals surface area contributed by atoms with Crippen LogP contribution in [0.25, 0.3) is 16.6 Å². The highest BCUT2D eigenvalue weighted by atomic mass is 15.2. The van der Waals surface area contributed by atoms with E-state index in [1.165, 1.54) is 5.69 Å². The minimum atomic E-state index is 0.658. The highest BCUT2D eigenvalue weighted by Gasteiger charge is 2.22. The Balaban J connectivity index is 1.45. The maximum absolute atomic E-state index is 9.05. The average molecular weight is 351 g/mol. The van der Waals surface area contributed by atoms with Crippen molar-refractivity contribution in [3.8, 4) is 11.8 Å². The molecule has 0 fully saturated rings. The summed E-state index contributed by atoms with van der Waals surface area (Å²) in [4.78, 5) is 11.7. The molecular weight excluding hydrogens is 334 g/mol. The fraction of sp³-hybridized carbons (Fsp3) is 0.136. The molecule has 0 spiro atoms. The number of hydrogen-bond donors (Lipinski definition) is 0. The molecular formula is C22H17N5. The maximum Gasteiger partial charge on any atom is 0.129 e. The van der Waals surface area contributed by atoms with E-state index in [1.54, 1.807) is 0 Å². The molecule has 27 heavy (non-hydrogen) atoms. The van der Waals surface area contributed by atoms with Gasteiger partial charge in [-0.1, -0.05) is 18.2 Å². The van der Waals surface area contributed by atoms with Crippen LogP contribution in [0.4, 0.5) is 5.82 Å². The van der Waals surface area contributed by atoms with E-state index in [0.29, 0.717) is 5.56 Å². The highest BCUT2D eigenvalue weighted by Crippen LogP contribution is 2.26. The minimum Gasteiger partial charge on any atom is -0.350 e. The zero-order valence-corrected chi connectivity index (χ0v) is 14.7. The van der Waals surface area contributed by atoms with Crippen molar-refractivity contribution >= 4 is 16.7 Å². The van der Waals surface area contributed by atoms with Crippen molar-refractivity contribution in [2.45, 2.75) is 13.0 Å². The van der Waals surface area contributed by atoms with E-state index in [-0.39, 0.29) is 0 Å². The van der Waals surface area contributed by atoms with Gasteiger partial charge in [0.2, 0.25) is 0 Å². The van der Waals surface area contributed by atoms with Crippen LogP contribution in [0.15, 0.2) is 67.0 Å². The van der Waals surface area contributed by atoms with Gasteiger partial charge in [-0.3, -0.25) is 0 Å². The Morgan fingerprint density at radius 3 is 2.74 bits per heavy atom. The molecule has 0 unspecified atom stereocenters. The van der Waals surface area contributed by atoms with Crippen molar-refractivity contribution in [2.75, 3.05) is 11.4 Å². The number of anilines is 1. The third kappa shape index (κ3) is 2.72. The van der Waals surface area contributed by atoms with Gasteiger partial charge in [0.05, 0.1) is 35.7 Å². The molecule has 0 saturated heterocycles. The molecule has 2 aromatic heterocycles. The SMILES string of the molecule is N#Cc1ccc2nc(N3CCc4c(ncn4-c4ccccc4)C3)ccc2c1. The number of aromatic nitrogens is 3. The molecule has 5 nitrogen and oxygen atoms in total. The second-order valence-electron chi connectivity index (χ2n) is 6.70. The summed E-state index contributed by atoms with van der Waals surface area (Å²) in [5.74, 6) is 0.951. The van der Waals surface area contributed by atoms with E-state index in [4.69, 9.17) is 10.2 Å². The zero-order valence-electron chi connectivity index (χ0n) is 14.7. The first-order valence-electron chi connectivity index (χ1n) is 8.98. The van der Waals surface area contributed by atoms with Gasteiger partial charge in [0.25, 0.3) is 0 Å². The van der Waals surface area contributed by atoms with Crippen molar-refractivity contribution in [3.05, 3.63) is 83.9 Å². The van der Waals surface area contributed by atoms with E-state index in [2.05, 4.69) is 32.7 Å². The molecule has 0 atom stereocenters. The lowest BCUT2D eigenvalue weighted by molar-refractivity contribution is 0.691. The van der Waals surface area contributed by atoms with Crippen LogP contribution in [0.3, 0.4) is 0 Å². The van der Waals surface area contributed by atoms with Gasteiger partial charge in [0.1, 0.15) is 5.82 Å². The first-order valence-corrected chi connectivity index (χ1v) is 8.98. The Morgan fingerprint density at radius 2 is 1.89 bits per heavy atom. The number of imidazole rings is 1. The van der Waals surface area contributed by atoms with Crippen LogP contribution in [-0.2, 0) is 13.0 Å². The van der Waals surface area contributed by atoms with Crippen LogP contribution >= 0.6 is 0 Å². The summed E-state index contributed by atoms with van der Waals surface area (Å²) in [7, 11) is 0. The van der Waals surface area contributed by atoms with Crippen LogP contribution in [0.5, 0.6) is 0 Å². The van der Waals surface area contributed by atoms with E-state index >= 15 is 0 Å². The van der Waals surface area contributed by atoms with Crippen LogP contribution in [0.1, 0.15) is 17.0 Å². The summed E-state index contributed by atoms with van der Waals surface area (Å²) in [6.45, 7) is 1.66. The van der Waals surface area contributed by atoms with Crippen molar-refractivity contribution in [1.82, 2.24) is 14.5 Å². The quantitative estimate of drug-likeness (QED) is 0.550. The fourth-order valence-electron chi connectivity index (χ4n) is 3.68. The molecule has 1 aliphatic heterocycles. The monoisotopic (exact) mass is 351 g/mol. The summed E-state index contributed by atoms with van der Waals surface area (Å²) in [5.41, 5.74) is 5.10. The van der Waals surface area contributed by atoms with Crippen molar-refractivity contribution < 1.29 is 0 Å². The van der Waals surface area contributed by atoms with Gasteiger partial charge in [-0.05, 0) is 42.5 Å². The topological polar surface area (TPSA) is 57.7 Å². The van der Waals surface area contributed by atoms with E-state index in [0.717, 1.165) is 47.6 Å². The fourth-order valence-corrected chi connectivity index (χ4v) is 3.68. The van der Waals surface area contributed by atoms with Gasteiger partial charge in [0, 0.05) is 29.7 Å². The zero-order chi connectivity index (χ0) is 18.2. The predicted octanol–water partition coefficient (Wildman–Crippen LogP) is 3.85. The lowest BCUT2D eigenvalue weighted by atomic mass is 10.1. The van der Waals surface area contributed by atoms with E-state index in [1.807, 2.05) is 54.9 Å². The Hall–Kier alpha value is -3.65. The number of nitrogens with zero attached hydrogens (tertiary/aromatic N) is 5. The summed E-state index contributed by atoms with van der Waals surface area (Å²) in [5, 5.41) is 10.0. The van der Waals surface area contributed by atoms with Crippen LogP contribution in [-0.4, -0.2) is 21.1 Å². The molecule has 0 bridgehead atoms. The molecule has 2 aromatic carbocycles. The normalized spacial score (nSPS) is 13.4. The molecule has 5 rings (SSSR count). The molecule has 0 radical (unpaired) electrons. The van der Waals surface area contributed by atoms with Crippen LogP contribution in [0, 0.1) is 11.3 Å². The predicted molar refractivity (Wildman–Crippen MR) is 105 cm³/mol. The maximum atomic E-state index is 9.05. The summed E-state index contributed by atoms with van der Waals surface area (Å²) >= 11 is 0. The summed E-state index contributed by atoms with van der Waals surface area (Å²) in [6, 6.07) is 22.2. The molecule has 0 amide bonds. The van der Waals surface area contributed by atoms with E-state index < -0.39 is 0 Å². The molecule has 1 aliphatic rings. The molecule has 130 valence electrons. The second-order valence-corrected chi connectivity index (χ2v) is 6.70. The number of benzene rings is 2.